The van der Waals surface area contributed by atoms with Crippen molar-refractivity contribution in [1.82, 2.24) is 0 Å². The van der Waals surface area contributed by atoms with Crippen molar-refractivity contribution in [2.24, 2.45) is 25.9 Å². The molecule has 0 saturated carbocycles. The summed E-state index contributed by atoms with van der Waals surface area (Å²) in [5.74, 6) is -2.26. The first kappa shape index (κ1) is 98.2. The number of benzene rings is 10. The van der Waals surface area contributed by atoms with E-state index in [0.29, 0.717) is 76.3 Å². The zero-order valence-electron chi connectivity index (χ0n) is 71.3. The van der Waals surface area contributed by atoms with Gasteiger partial charge < -0.3 is 47.7 Å². The van der Waals surface area contributed by atoms with E-state index in [1.807, 2.05) is 133 Å². The van der Waals surface area contributed by atoms with Gasteiger partial charge in [-0.25, -0.2) is 4.79 Å². The number of anilines is 2. The summed E-state index contributed by atoms with van der Waals surface area (Å²) in [4.78, 5) is 112. The molecule has 0 amide bonds. The quantitative estimate of drug-likeness (QED) is 0.00501. The fourth-order valence-electron chi connectivity index (χ4n) is 11.9. The highest BCUT2D eigenvalue weighted by Gasteiger charge is 2.45. The van der Waals surface area contributed by atoms with Gasteiger partial charge in [-0.2, -0.15) is 36.2 Å². The van der Waals surface area contributed by atoms with Crippen LogP contribution in [0, 0.1) is 59.6 Å². The molecule has 30 heteroatoms. The number of esters is 5. The van der Waals surface area contributed by atoms with E-state index in [4.69, 9.17) is 53.7 Å². The Morgan fingerprint density at radius 2 is 0.677 bits per heavy atom. The van der Waals surface area contributed by atoms with Crippen LogP contribution in [0.5, 0.6) is 17.2 Å². The van der Waals surface area contributed by atoms with Crippen LogP contribution in [-0.4, -0.2) is 130 Å². The Labute approximate surface area is 736 Å². The first-order valence-electron chi connectivity index (χ1n) is 40.6. The van der Waals surface area contributed by atoms with Gasteiger partial charge in [0.05, 0.1) is 80.6 Å². The number of likely N-dealkylation sites (N-methyl/N-ethyl adjacent to an activating group) is 2. The SMILES string of the molecule is C=CC(=O)OCCOc1ccc(-c2ccc(C#N)cc2)cc1.CCC.CCN(CCOC(=O)C(CCC(=O)OCCOc1ccc(-c2ccc(C#N)cc2)cc1)(CCC(=O)OCCOc1ccc(-c2ccc(C#N)cc2)cc1)C(C)=O)c1ccc(N=Nc2ccc([N+](=O)[O-])cc2)cc1.CCN(CCOC(=O)CC(C)=O)c1ccc(N=Nc2ccc([N+](=O)[O-])cc2)cc1. The maximum absolute atomic E-state index is 14.1. The fourth-order valence-corrected chi connectivity index (χ4v) is 11.9. The summed E-state index contributed by atoms with van der Waals surface area (Å²) >= 11 is 0. The summed E-state index contributed by atoms with van der Waals surface area (Å²) in [7, 11) is 0. The van der Waals surface area contributed by atoms with E-state index in [-0.39, 0.29) is 109 Å². The Morgan fingerprint density at radius 3 is 0.953 bits per heavy atom. The Morgan fingerprint density at radius 1 is 0.394 bits per heavy atom. The van der Waals surface area contributed by atoms with Gasteiger partial charge in [-0.1, -0.05) is 99.6 Å². The second-order valence-electron chi connectivity index (χ2n) is 27.7. The van der Waals surface area contributed by atoms with Crippen LogP contribution in [0.25, 0.3) is 33.4 Å². The second-order valence-corrected chi connectivity index (χ2v) is 27.7. The maximum atomic E-state index is 14.1. The molecule has 0 bridgehead atoms. The Kier molecular flexibility index (Phi) is 41.1. The molecule has 0 aromatic heterocycles. The van der Waals surface area contributed by atoms with Gasteiger partial charge in [0.25, 0.3) is 11.4 Å². The van der Waals surface area contributed by atoms with Crippen molar-refractivity contribution in [1.29, 1.82) is 15.8 Å². The van der Waals surface area contributed by atoms with E-state index in [0.717, 1.165) is 50.8 Å². The third-order valence-electron chi connectivity index (χ3n) is 18.7. The molecule has 0 N–H and O–H groups in total. The van der Waals surface area contributed by atoms with Gasteiger partial charge in [0, 0.05) is 67.6 Å². The zero-order valence-corrected chi connectivity index (χ0v) is 71.3. The summed E-state index contributed by atoms with van der Waals surface area (Å²) in [5.41, 5.74) is 9.46. The number of hydrogen-bond donors (Lipinski definition) is 0. The minimum absolute atomic E-state index is 0.0000620. The number of Topliss-reactive ketones (excluding diaryl/α,β-unsaturated/α-hetero) is 2. The highest BCUT2D eigenvalue weighted by Crippen LogP contribution is 2.35. The van der Waals surface area contributed by atoms with Crippen molar-refractivity contribution in [2.75, 3.05) is 88.8 Å². The van der Waals surface area contributed by atoms with Gasteiger partial charge in [-0.3, -0.25) is 49.0 Å². The molecule has 0 aliphatic heterocycles. The number of ketones is 2. The highest BCUT2D eigenvalue weighted by atomic mass is 16.6. The predicted octanol–water partition coefficient (Wildman–Crippen LogP) is 19.9. The van der Waals surface area contributed by atoms with Crippen LogP contribution in [0.3, 0.4) is 0 Å². The first-order chi connectivity index (χ1) is 61.4. The van der Waals surface area contributed by atoms with E-state index < -0.39 is 50.9 Å². The van der Waals surface area contributed by atoms with Crippen molar-refractivity contribution in [3.8, 4) is 68.8 Å². The van der Waals surface area contributed by atoms with Crippen molar-refractivity contribution < 1.29 is 81.3 Å². The molecule has 0 fully saturated rings. The molecule has 0 heterocycles. The number of carbonyl (C=O) groups excluding carboxylic acids is 7. The molecule has 10 aromatic carbocycles. The normalized spacial score (nSPS) is 10.5. The minimum atomic E-state index is -1.88. The van der Waals surface area contributed by atoms with Gasteiger partial charge in [0.1, 0.15) is 93.5 Å². The van der Waals surface area contributed by atoms with Crippen molar-refractivity contribution in [3.05, 3.63) is 292 Å². The molecule has 0 atom stereocenters. The molecule has 0 radical (unpaired) electrons. The van der Waals surface area contributed by atoms with Crippen LogP contribution in [0.1, 0.15) is 96.8 Å². The Bertz CT molecular complexity index is 5320. The topological polar surface area (TPSA) is 407 Å². The van der Waals surface area contributed by atoms with Gasteiger partial charge in [-0.05, 0) is 220 Å². The molecule has 0 aliphatic rings. The number of nitro benzene ring substituents is 2. The zero-order chi connectivity index (χ0) is 91.7. The molecule has 0 spiro atoms. The predicted molar refractivity (Wildman–Crippen MR) is 477 cm³/mol. The largest absolute Gasteiger partial charge is 0.490 e. The standard InChI is InChI=1S/C56H52N6O11.C20H22N4O5.C18H15NO3.C3H8/c1-3-61(49-20-16-47(17-21-49)59-60-48-18-22-50(23-19-48)62(67)68)32-33-73-55(66)56(40(2)63,30-28-53(64)71-36-34-69-51-24-12-45(13-25-51)43-8-4-41(38-57)5-9-43)31-29-54(65)72-37-35-70-52-26-14-46(15-27-52)44-10-6-42(39-58)7-11-44;1-3-23(12-13-29-20(26)14-15(2)25)18-8-4-16(5-9-18)21-22-17-6-10-19(11-7-17)24(27)28;1-2-18(20)22-12-11-21-17-9-7-16(8-10-17)15-5-3-14(13-19)4-6-15;1-3-2/h4-27H,3,28-37H2,1-2H3;4-11H,3,12-14H2,1-2H3;2-10H,1,11-12H2;3H2,1-2H3. The number of nitro groups is 2. The molecule has 654 valence electrons. The summed E-state index contributed by atoms with van der Waals surface area (Å²) in [6, 6.07) is 76.1. The molecule has 0 aliphatic carbocycles. The molecule has 10 aromatic rings. The van der Waals surface area contributed by atoms with Crippen molar-refractivity contribution in [2.45, 2.75) is 80.1 Å². The number of rotatable bonds is 42. The van der Waals surface area contributed by atoms with Crippen LogP contribution < -0.4 is 24.0 Å². The van der Waals surface area contributed by atoms with Crippen molar-refractivity contribution in [3.63, 3.8) is 0 Å². The first-order valence-corrected chi connectivity index (χ1v) is 40.6. The van der Waals surface area contributed by atoms with Gasteiger partial charge in [-0.15, -0.1) is 0 Å². The van der Waals surface area contributed by atoms with Crippen molar-refractivity contribution >= 4 is 86.9 Å². The lowest BCUT2D eigenvalue weighted by molar-refractivity contribution is -0.385. The smallest absolute Gasteiger partial charge is 0.330 e. The number of ether oxygens (including phenoxy) is 8. The molecule has 10 rings (SSSR count). The molecule has 30 nitrogen and oxygen atoms in total. The summed E-state index contributed by atoms with van der Waals surface area (Å²) < 4.78 is 43.5. The summed E-state index contributed by atoms with van der Waals surface area (Å²) in [6.45, 7) is 16.4. The van der Waals surface area contributed by atoms with E-state index in [9.17, 15) is 53.8 Å². The number of azo groups is 2. The molecule has 0 saturated heterocycles. The van der Waals surface area contributed by atoms with Gasteiger partial charge in [0.2, 0.25) is 0 Å². The Balaban J connectivity index is 0.000000330. The highest BCUT2D eigenvalue weighted by molar-refractivity contribution is 6.03. The molecular weight excluding hydrogens is 1620 g/mol. The number of hydrogen-bond acceptors (Lipinski definition) is 28. The van der Waals surface area contributed by atoms with Gasteiger partial charge >= 0.3 is 29.8 Å². The van der Waals surface area contributed by atoms with Crippen LogP contribution in [-0.2, 0) is 57.2 Å². The number of nitriles is 3. The average molecular weight is 1720 g/mol. The third-order valence-corrected chi connectivity index (χ3v) is 18.7. The maximum Gasteiger partial charge on any atom is 0.330 e. The average Bonchev–Trinajstić information content (AvgIpc) is 0.807. The van der Waals surface area contributed by atoms with Crippen LogP contribution in [0.4, 0.5) is 45.5 Å². The van der Waals surface area contributed by atoms with Crippen LogP contribution in [0.15, 0.2) is 276 Å². The van der Waals surface area contributed by atoms with E-state index in [2.05, 4.69) is 59.1 Å². The number of carbonyl (C=O) groups is 7. The molecular formula is C97H97N11O19. The minimum Gasteiger partial charge on any atom is -0.490 e. The van der Waals surface area contributed by atoms with Crippen LogP contribution >= 0.6 is 0 Å². The van der Waals surface area contributed by atoms with Gasteiger partial charge in [0.15, 0.2) is 0 Å². The van der Waals surface area contributed by atoms with E-state index in [1.54, 1.807) is 84.9 Å². The van der Waals surface area contributed by atoms with E-state index in [1.165, 1.54) is 68.8 Å². The van der Waals surface area contributed by atoms with Crippen LogP contribution in [0.2, 0.25) is 0 Å². The lowest BCUT2D eigenvalue weighted by Gasteiger charge is -2.29. The molecule has 127 heavy (non-hydrogen) atoms. The second kappa shape index (κ2) is 53.1. The summed E-state index contributed by atoms with van der Waals surface area (Å²) in [5, 5.41) is 65.1. The number of non-ortho nitro benzene ring substituents is 2. The fraction of sp³-hybridized carbons (Fsp3) is 0.258. The van der Waals surface area contributed by atoms with E-state index >= 15 is 0 Å². The summed E-state index contributed by atoms with van der Waals surface area (Å²) in [6.07, 6.45) is 0.901. The lowest BCUT2D eigenvalue weighted by Crippen LogP contribution is -2.42. The molecule has 0 unspecified atom stereocenters. The monoisotopic (exact) mass is 1720 g/mol. The lowest BCUT2D eigenvalue weighted by atomic mass is 9.75. The third kappa shape index (κ3) is 33.8. The number of nitrogens with zero attached hydrogens (tertiary/aromatic N) is 11. The Hall–Kier alpha value is -15.9.